The standard InChI is InChI=1S/C16H13ClFN3O2S.ClH/c17-11-2-1-3-12(18)10(11)7-21-13-6-9(16(23)20-19)4-5-14(13)24-8-15(21)22;/h1-6H,7-8,19H2,(H,20,23);1H. The van der Waals surface area contributed by atoms with Crippen LogP contribution in [-0.2, 0) is 11.3 Å². The predicted molar refractivity (Wildman–Crippen MR) is 98.7 cm³/mol. The van der Waals surface area contributed by atoms with Gasteiger partial charge in [0.1, 0.15) is 5.82 Å². The van der Waals surface area contributed by atoms with E-state index in [9.17, 15) is 14.0 Å². The molecule has 0 atom stereocenters. The summed E-state index contributed by atoms with van der Waals surface area (Å²) in [7, 11) is 0. The summed E-state index contributed by atoms with van der Waals surface area (Å²) in [4.78, 5) is 26.3. The second-order valence-electron chi connectivity index (χ2n) is 5.12. The Bertz CT molecular complexity index is 815. The quantitative estimate of drug-likeness (QED) is 0.470. The Hall–Kier alpha value is -1.80. The monoisotopic (exact) mass is 401 g/mol. The van der Waals surface area contributed by atoms with Crippen molar-refractivity contribution in [1.82, 2.24) is 5.43 Å². The first-order valence-corrected chi connectivity index (χ1v) is 8.38. The van der Waals surface area contributed by atoms with Gasteiger partial charge in [-0.1, -0.05) is 17.7 Å². The molecule has 9 heteroatoms. The van der Waals surface area contributed by atoms with Crippen LogP contribution in [0.2, 0.25) is 5.02 Å². The number of amides is 2. The lowest BCUT2D eigenvalue weighted by atomic mass is 10.1. The number of rotatable bonds is 3. The Kier molecular flexibility index (Phi) is 6.29. The van der Waals surface area contributed by atoms with Gasteiger partial charge in [0.2, 0.25) is 5.91 Å². The lowest BCUT2D eigenvalue weighted by Gasteiger charge is -2.29. The van der Waals surface area contributed by atoms with Crippen LogP contribution < -0.4 is 16.2 Å². The predicted octanol–water partition coefficient (Wildman–Crippen LogP) is 3.14. The van der Waals surface area contributed by atoms with Gasteiger partial charge in [0, 0.05) is 21.0 Å². The van der Waals surface area contributed by atoms with Gasteiger partial charge in [0.05, 0.1) is 18.0 Å². The summed E-state index contributed by atoms with van der Waals surface area (Å²) in [5.74, 6) is 4.26. The van der Waals surface area contributed by atoms with Crippen molar-refractivity contribution in [1.29, 1.82) is 0 Å². The zero-order chi connectivity index (χ0) is 17.3. The lowest BCUT2D eigenvalue weighted by Crippen LogP contribution is -2.36. The van der Waals surface area contributed by atoms with E-state index in [2.05, 4.69) is 5.43 Å². The van der Waals surface area contributed by atoms with E-state index < -0.39 is 11.7 Å². The van der Waals surface area contributed by atoms with Crippen molar-refractivity contribution in [3.05, 3.63) is 58.4 Å². The highest BCUT2D eigenvalue weighted by Gasteiger charge is 2.27. The number of thioether (sulfide) groups is 1. The number of nitrogen functional groups attached to an aromatic ring is 1. The van der Waals surface area contributed by atoms with E-state index in [0.29, 0.717) is 11.3 Å². The highest BCUT2D eigenvalue weighted by molar-refractivity contribution is 8.00. The molecule has 2 amide bonds. The van der Waals surface area contributed by atoms with E-state index in [-0.39, 0.29) is 41.2 Å². The van der Waals surface area contributed by atoms with Gasteiger partial charge in [-0.25, -0.2) is 10.2 Å². The normalized spacial score (nSPS) is 13.1. The second kappa shape index (κ2) is 8.05. The van der Waals surface area contributed by atoms with Crippen LogP contribution in [0.25, 0.3) is 0 Å². The number of nitrogens with zero attached hydrogens (tertiary/aromatic N) is 1. The average molecular weight is 402 g/mol. The number of nitrogens with two attached hydrogens (primary N) is 1. The number of hydrogen-bond donors (Lipinski definition) is 2. The minimum atomic E-state index is -0.481. The molecule has 5 nitrogen and oxygen atoms in total. The topological polar surface area (TPSA) is 75.4 Å². The van der Waals surface area contributed by atoms with Gasteiger partial charge >= 0.3 is 0 Å². The first-order chi connectivity index (χ1) is 11.5. The van der Waals surface area contributed by atoms with Crippen molar-refractivity contribution in [2.75, 3.05) is 10.7 Å². The van der Waals surface area contributed by atoms with Gasteiger partial charge in [0.25, 0.3) is 5.91 Å². The molecule has 0 fully saturated rings. The van der Waals surface area contributed by atoms with E-state index in [1.165, 1.54) is 28.8 Å². The fraction of sp³-hybridized carbons (Fsp3) is 0.125. The Morgan fingerprint density at radius 1 is 1.36 bits per heavy atom. The zero-order valence-corrected chi connectivity index (χ0v) is 15.2. The number of benzene rings is 2. The number of carbonyl (C=O) groups is 2. The van der Waals surface area contributed by atoms with Gasteiger partial charge in [-0.3, -0.25) is 15.0 Å². The summed E-state index contributed by atoms with van der Waals surface area (Å²) in [6, 6.07) is 9.31. The van der Waals surface area contributed by atoms with E-state index in [0.717, 1.165) is 4.90 Å². The lowest BCUT2D eigenvalue weighted by molar-refractivity contribution is -0.116. The molecule has 0 bridgehead atoms. The fourth-order valence-electron chi connectivity index (χ4n) is 2.44. The Balaban J connectivity index is 0.00000225. The van der Waals surface area contributed by atoms with Crippen LogP contribution in [-0.4, -0.2) is 17.6 Å². The molecule has 0 saturated heterocycles. The number of carbonyl (C=O) groups excluding carboxylic acids is 2. The zero-order valence-electron chi connectivity index (χ0n) is 12.8. The van der Waals surface area contributed by atoms with Gasteiger partial charge in [0.15, 0.2) is 0 Å². The summed E-state index contributed by atoms with van der Waals surface area (Å²) in [6.07, 6.45) is 0. The SMILES string of the molecule is Cl.NNC(=O)c1ccc2c(c1)N(Cc1c(F)cccc1Cl)C(=O)CS2. The maximum Gasteiger partial charge on any atom is 0.265 e. The molecule has 0 aliphatic carbocycles. The highest BCUT2D eigenvalue weighted by Crippen LogP contribution is 2.37. The number of hydrazine groups is 1. The molecule has 132 valence electrons. The Morgan fingerprint density at radius 3 is 2.80 bits per heavy atom. The maximum absolute atomic E-state index is 14.1. The van der Waals surface area contributed by atoms with Crippen LogP contribution in [0.3, 0.4) is 0 Å². The first kappa shape index (κ1) is 19.5. The third kappa shape index (κ3) is 3.90. The third-order valence-corrected chi connectivity index (χ3v) is 5.07. The van der Waals surface area contributed by atoms with E-state index in [1.54, 1.807) is 24.3 Å². The van der Waals surface area contributed by atoms with Crippen LogP contribution in [0.4, 0.5) is 10.1 Å². The molecular formula is C16H14Cl2FN3O2S. The number of hydrogen-bond acceptors (Lipinski definition) is 4. The van der Waals surface area contributed by atoms with Crippen molar-refractivity contribution in [3.8, 4) is 0 Å². The Labute approximate surface area is 159 Å². The van der Waals surface area contributed by atoms with E-state index in [4.69, 9.17) is 17.4 Å². The molecule has 1 aliphatic heterocycles. The summed E-state index contributed by atoms with van der Waals surface area (Å²) >= 11 is 7.43. The minimum Gasteiger partial charge on any atom is -0.306 e. The summed E-state index contributed by atoms with van der Waals surface area (Å²) in [5, 5.41) is 0.249. The highest BCUT2D eigenvalue weighted by atomic mass is 35.5. The van der Waals surface area contributed by atoms with Crippen LogP contribution in [0.1, 0.15) is 15.9 Å². The number of anilines is 1. The largest absolute Gasteiger partial charge is 0.306 e. The minimum absolute atomic E-state index is 0. The van der Waals surface area contributed by atoms with Crippen LogP contribution in [0.15, 0.2) is 41.3 Å². The van der Waals surface area contributed by atoms with Crippen LogP contribution >= 0.6 is 35.8 Å². The molecule has 3 N–H and O–H groups in total. The van der Waals surface area contributed by atoms with E-state index >= 15 is 0 Å². The number of halogens is 3. The molecule has 2 aromatic rings. The smallest absolute Gasteiger partial charge is 0.265 e. The molecule has 1 aliphatic rings. The van der Waals surface area contributed by atoms with Crippen molar-refractivity contribution in [2.45, 2.75) is 11.4 Å². The van der Waals surface area contributed by atoms with Gasteiger partial charge in [-0.2, -0.15) is 0 Å². The molecule has 0 unspecified atom stereocenters. The molecule has 0 spiro atoms. The van der Waals surface area contributed by atoms with Crippen molar-refractivity contribution in [2.24, 2.45) is 5.84 Å². The summed E-state index contributed by atoms with van der Waals surface area (Å²) < 4.78 is 14.1. The van der Waals surface area contributed by atoms with Gasteiger partial charge < -0.3 is 4.90 Å². The van der Waals surface area contributed by atoms with Gasteiger partial charge in [-0.15, -0.1) is 24.2 Å². The average Bonchev–Trinajstić information content (AvgIpc) is 2.58. The molecule has 25 heavy (non-hydrogen) atoms. The molecule has 0 radical (unpaired) electrons. The van der Waals surface area contributed by atoms with E-state index in [1.807, 2.05) is 0 Å². The fourth-order valence-corrected chi connectivity index (χ4v) is 3.58. The van der Waals surface area contributed by atoms with Crippen molar-refractivity contribution >= 4 is 53.3 Å². The van der Waals surface area contributed by atoms with Crippen molar-refractivity contribution in [3.63, 3.8) is 0 Å². The number of nitrogens with one attached hydrogen (secondary N) is 1. The van der Waals surface area contributed by atoms with Gasteiger partial charge in [-0.05, 0) is 30.3 Å². The summed E-state index contributed by atoms with van der Waals surface area (Å²) in [6.45, 7) is -0.00834. The molecule has 3 rings (SSSR count). The van der Waals surface area contributed by atoms with Crippen molar-refractivity contribution < 1.29 is 14.0 Å². The van der Waals surface area contributed by atoms with Crippen LogP contribution in [0, 0.1) is 5.82 Å². The molecule has 0 aromatic heterocycles. The number of fused-ring (bicyclic) bond motifs is 1. The molecule has 2 aromatic carbocycles. The maximum atomic E-state index is 14.1. The Morgan fingerprint density at radius 2 is 2.12 bits per heavy atom. The molecule has 1 heterocycles. The van der Waals surface area contributed by atoms with Crippen LogP contribution in [0.5, 0.6) is 0 Å². The first-order valence-electron chi connectivity index (χ1n) is 7.02. The molecular weight excluding hydrogens is 388 g/mol. The third-order valence-electron chi connectivity index (χ3n) is 3.67. The summed E-state index contributed by atoms with van der Waals surface area (Å²) in [5.41, 5.74) is 3.14. The second-order valence-corrected chi connectivity index (χ2v) is 6.55. The molecule has 0 saturated carbocycles.